The predicted molar refractivity (Wildman–Crippen MR) is 76.0 cm³/mol. The first kappa shape index (κ1) is 14.1. The van der Waals surface area contributed by atoms with E-state index in [9.17, 15) is 4.79 Å². The maximum Gasteiger partial charge on any atom is 0.311 e. The highest BCUT2D eigenvalue weighted by molar-refractivity contribution is 6.30. The highest BCUT2D eigenvalue weighted by atomic mass is 35.5. The van der Waals surface area contributed by atoms with Gasteiger partial charge in [-0.15, -0.1) is 0 Å². The number of esters is 1. The average Bonchev–Trinajstić information content (AvgIpc) is 2.46. The van der Waals surface area contributed by atoms with Crippen LogP contribution < -0.4 is 0 Å². The van der Waals surface area contributed by atoms with Crippen molar-refractivity contribution < 1.29 is 9.53 Å². The van der Waals surface area contributed by atoms with Gasteiger partial charge in [-0.25, -0.2) is 0 Å². The van der Waals surface area contributed by atoms with Gasteiger partial charge in [-0.05, 0) is 17.7 Å². The molecule has 1 atom stereocenters. The lowest BCUT2D eigenvalue weighted by atomic mass is 10.1. The van der Waals surface area contributed by atoms with Crippen LogP contribution in [0.15, 0.2) is 54.6 Å². The van der Waals surface area contributed by atoms with Gasteiger partial charge in [0.1, 0.15) is 6.07 Å². The highest BCUT2D eigenvalue weighted by Crippen LogP contribution is 2.21. The number of rotatable bonds is 4. The number of hydrogen-bond donors (Lipinski definition) is 0. The minimum atomic E-state index is -0.940. The Bertz CT molecular complexity index is 634. The van der Waals surface area contributed by atoms with Gasteiger partial charge in [0.2, 0.25) is 6.10 Å². The van der Waals surface area contributed by atoms with E-state index in [1.165, 1.54) is 0 Å². The normalized spacial score (nSPS) is 11.4. The van der Waals surface area contributed by atoms with Crippen LogP contribution in [0.5, 0.6) is 0 Å². The molecule has 0 saturated heterocycles. The van der Waals surface area contributed by atoms with Gasteiger partial charge in [0.25, 0.3) is 0 Å². The Morgan fingerprint density at radius 1 is 1.20 bits per heavy atom. The van der Waals surface area contributed by atoms with E-state index in [0.29, 0.717) is 10.6 Å². The fraction of sp³-hybridized carbons (Fsp3) is 0.125. The third-order valence-electron chi connectivity index (χ3n) is 2.71. The van der Waals surface area contributed by atoms with Crippen molar-refractivity contribution in [1.29, 1.82) is 5.26 Å². The molecule has 0 aliphatic carbocycles. The molecule has 0 saturated carbocycles. The van der Waals surface area contributed by atoms with E-state index in [0.717, 1.165) is 5.56 Å². The summed E-state index contributed by atoms with van der Waals surface area (Å²) in [6.45, 7) is 0. The Morgan fingerprint density at radius 2 is 1.95 bits per heavy atom. The van der Waals surface area contributed by atoms with Gasteiger partial charge in [0, 0.05) is 10.6 Å². The summed E-state index contributed by atoms with van der Waals surface area (Å²) < 4.78 is 5.19. The molecule has 2 aromatic carbocycles. The second-order valence-electron chi connectivity index (χ2n) is 4.22. The summed E-state index contributed by atoms with van der Waals surface area (Å²) >= 11 is 5.86. The first-order chi connectivity index (χ1) is 9.69. The van der Waals surface area contributed by atoms with Crippen LogP contribution in [0.1, 0.15) is 17.2 Å². The van der Waals surface area contributed by atoms with E-state index in [4.69, 9.17) is 21.6 Å². The molecule has 0 unspecified atom stereocenters. The zero-order valence-electron chi connectivity index (χ0n) is 10.6. The summed E-state index contributed by atoms with van der Waals surface area (Å²) in [5, 5.41) is 9.62. The number of halogens is 1. The average molecular weight is 286 g/mol. The molecule has 20 heavy (non-hydrogen) atoms. The molecule has 4 heteroatoms. The smallest absolute Gasteiger partial charge is 0.311 e. The lowest BCUT2D eigenvalue weighted by molar-refractivity contribution is -0.146. The van der Waals surface area contributed by atoms with Crippen molar-refractivity contribution in [2.75, 3.05) is 0 Å². The summed E-state index contributed by atoms with van der Waals surface area (Å²) in [6, 6.07) is 17.9. The summed E-state index contributed by atoms with van der Waals surface area (Å²) in [7, 11) is 0. The molecule has 0 bridgehead atoms. The molecule has 0 radical (unpaired) electrons. The molecule has 0 heterocycles. The molecule has 2 aromatic rings. The fourth-order valence-corrected chi connectivity index (χ4v) is 1.97. The van der Waals surface area contributed by atoms with Gasteiger partial charge in [-0.2, -0.15) is 5.26 Å². The van der Waals surface area contributed by atoms with Crippen LogP contribution in [0.4, 0.5) is 0 Å². The third-order valence-corrected chi connectivity index (χ3v) is 2.94. The Labute approximate surface area is 122 Å². The summed E-state index contributed by atoms with van der Waals surface area (Å²) in [5.41, 5.74) is 1.42. The number of carbonyl (C=O) groups is 1. The lowest BCUT2D eigenvalue weighted by Gasteiger charge is -2.11. The Kier molecular flexibility index (Phi) is 4.75. The number of hydrogen-bond acceptors (Lipinski definition) is 3. The quantitative estimate of drug-likeness (QED) is 0.805. The van der Waals surface area contributed by atoms with Crippen molar-refractivity contribution in [1.82, 2.24) is 0 Å². The molecule has 0 N–H and O–H groups in total. The minimum Gasteiger partial charge on any atom is -0.442 e. The first-order valence-electron chi connectivity index (χ1n) is 6.07. The van der Waals surface area contributed by atoms with Crippen LogP contribution in [0.3, 0.4) is 0 Å². The Balaban J connectivity index is 2.04. The van der Waals surface area contributed by atoms with E-state index >= 15 is 0 Å². The molecular formula is C16H12ClNO2. The Hall–Kier alpha value is -2.31. The third kappa shape index (κ3) is 3.84. The van der Waals surface area contributed by atoms with E-state index < -0.39 is 12.1 Å². The predicted octanol–water partition coefficient (Wildman–Crippen LogP) is 3.69. The summed E-state index contributed by atoms with van der Waals surface area (Å²) in [4.78, 5) is 11.8. The maximum absolute atomic E-state index is 11.8. The van der Waals surface area contributed by atoms with E-state index in [1.807, 2.05) is 36.4 Å². The van der Waals surface area contributed by atoms with Crippen LogP contribution in [0.2, 0.25) is 5.02 Å². The topological polar surface area (TPSA) is 50.1 Å². The van der Waals surface area contributed by atoms with Gasteiger partial charge in [-0.3, -0.25) is 4.79 Å². The SMILES string of the molecule is N#C[C@H](OC(=O)Cc1ccccc1)c1cccc(Cl)c1. The van der Waals surface area contributed by atoms with E-state index in [2.05, 4.69) is 0 Å². The molecule has 0 fully saturated rings. The highest BCUT2D eigenvalue weighted by Gasteiger charge is 2.16. The second-order valence-corrected chi connectivity index (χ2v) is 4.65. The minimum absolute atomic E-state index is 0.138. The zero-order valence-corrected chi connectivity index (χ0v) is 11.4. The summed E-state index contributed by atoms with van der Waals surface area (Å²) in [6.07, 6.45) is -0.801. The van der Waals surface area contributed by atoms with Crippen LogP contribution >= 0.6 is 11.6 Å². The number of carbonyl (C=O) groups excluding carboxylic acids is 1. The fourth-order valence-electron chi connectivity index (χ4n) is 1.77. The molecule has 0 aliphatic heterocycles. The van der Waals surface area contributed by atoms with Crippen LogP contribution in [-0.4, -0.2) is 5.97 Å². The number of benzene rings is 2. The molecule has 3 nitrogen and oxygen atoms in total. The van der Waals surface area contributed by atoms with Crippen molar-refractivity contribution in [2.45, 2.75) is 12.5 Å². The van der Waals surface area contributed by atoms with Crippen molar-refractivity contribution in [3.63, 3.8) is 0 Å². The standard InChI is InChI=1S/C16H12ClNO2/c17-14-8-4-7-13(10-14)15(11-18)20-16(19)9-12-5-2-1-3-6-12/h1-8,10,15H,9H2/t15-/m0/s1. The molecule has 0 aromatic heterocycles. The second kappa shape index (κ2) is 6.74. The molecule has 2 rings (SSSR count). The van der Waals surface area contributed by atoms with Gasteiger partial charge in [0.05, 0.1) is 6.42 Å². The zero-order chi connectivity index (χ0) is 14.4. The van der Waals surface area contributed by atoms with Gasteiger partial charge < -0.3 is 4.74 Å². The monoisotopic (exact) mass is 285 g/mol. The molecule has 100 valence electrons. The van der Waals surface area contributed by atoms with E-state index in [-0.39, 0.29) is 6.42 Å². The Morgan fingerprint density at radius 3 is 2.60 bits per heavy atom. The van der Waals surface area contributed by atoms with Gasteiger partial charge >= 0.3 is 5.97 Å². The number of nitrogens with zero attached hydrogens (tertiary/aromatic N) is 1. The molecule has 0 spiro atoms. The van der Waals surface area contributed by atoms with Crippen LogP contribution in [0, 0.1) is 11.3 Å². The van der Waals surface area contributed by atoms with E-state index in [1.54, 1.807) is 24.3 Å². The lowest BCUT2D eigenvalue weighted by Crippen LogP contribution is -2.12. The van der Waals surface area contributed by atoms with Crippen LogP contribution in [-0.2, 0) is 16.0 Å². The van der Waals surface area contributed by atoms with Crippen molar-refractivity contribution >= 4 is 17.6 Å². The van der Waals surface area contributed by atoms with Crippen LogP contribution in [0.25, 0.3) is 0 Å². The number of nitriles is 1. The van der Waals surface area contributed by atoms with Crippen molar-refractivity contribution in [2.24, 2.45) is 0 Å². The molecule has 0 aliphatic rings. The number of ether oxygens (including phenoxy) is 1. The molecular weight excluding hydrogens is 274 g/mol. The largest absolute Gasteiger partial charge is 0.442 e. The van der Waals surface area contributed by atoms with Gasteiger partial charge in [0.15, 0.2) is 0 Å². The summed E-state index contributed by atoms with van der Waals surface area (Å²) in [5.74, 6) is -0.442. The maximum atomic E-state index is 11.8. The molecule has 0 amide bonds. The van der Waals surface area contributed by atoms with Crippen molar-refractivity contribution in [3.8, 4) is 6.07 Å². The first-order valence-corrected chi connectivity index (χ1v) is 6.45. The van der Waals surface area contributed by atoms with Gasteiger partial charge in [-0.1, -0.05) is 54.1 Å². The van der Waals surface area contributed by atoms with Crippen molar-refractivity contribution in [3.05, 3.63) is 70.7 Å².